The van der Waals surface area contributed by atoms with Crippen molar-refractivity contribution >= 4 is 46.7 Å². The lowest BCUT2D eigenvalue weighted by Crippen LogP contribution is -2.45. The number of carbonyl (C=O) groups excluding carboxylic acids is 2. The molecule has 2 aromatic carbocycles. The minimum absolute atomic E-state index is 0.0410. The first kappa shape index (κ1) is 28.0. The summed E-state index contributed by atoms with van der Waals surface area (Å²) in [5, 5.41) is 24.7. The van der Waals surface area contributed by atoms with Crippen LogP contribution in [0.1, 0.15) is 49.5 Å². The number of hydrogen-bond donors (Lipinski definition) is 3. The molecule has 0 spiro atoms. The van der Waals surface area contributed by atoms with Gasteiger partial charge in [-0.2, -0.15) is 5.26 Å². The summed E-state index contributed by atoms with van der Waals surface area (Å²) in [6.45, 7) is 5.66. The molecule has 1 aliphatic carbocycles. The monoisotopic (exact) mass is 539 g/mol. The van der Waals surface area contributed by atoms with Crippen molar-refractivity contribution in [1.29, 1.82) is 5.26 Å². The molecule has 0 heterocycles. The average molecular weight is 540 g/mol. The fourth-order valence-corrected chi connectivity index (χ4v) is 5.03. The van der Waals surface area contributed by atoms with E-state index < -0.39 is 29.2 Å². The van der Waals surface area contributed by atoms with Crippen molar-refractivity contribution in [1.82, 2.24) is 5.32 Å². The molecule has 1 aliphatic rings. The number of anilines is 1. The first-order chi connectivity index (χ1) is 17.4. The van der Waals surface area contributed by atoms with Crippen molar-refractivity contribution in [2.45, 2.75) is 46.1 Å². The number of aliphatic carboxylic acids is 1. The zero-order valence-electron chi connectivity index (χ0n) is 20.7. The minimum atomic E-state index is -1.17. The Morgan fingerprint density at radius 2 is 1.73 bits per heavy atom. The number of carbonyl (C=O) groups is 3. The Labute approximate surface area is 225 Å². The molecular weight excluding hydrogens is 513 g/mol. The summed E-state index contributed by atoms with van der Waals surface area (Å²) in [5.41, 5.74) is 2.80. The molecule has 0 unspecified atom stereocenters. The summed E-state index contributed by atoms with van der Waals surface area (Å²) in [6, 6.07) is 12.2. The fraction of sp³-hybridized carbons (Fsp3) is 0.286. The second-order valence-electron chi connectivity index (χ2n) is 9.50. The normalized spacial score (nSPS) is 16.6. The Kier molecular flexibility index (Phi) is 8.80. The summed E-state index contributed by atoms with van der Waals surface area (Å²) in [6.07, 6.45) is 2.83. The number of amides is 2. The number of nitriles is 1. The van der Waals surface area contributed by atoms with Crippen LogP contribution in [0.3, 0.4) is 0 Å². The first-order valence-electron chi connectivity index (χ1n) is 11.6. The van der Waals surface area contributed by atoms with E-state index >= 15 is 0 Å². The van der Waals surface area contributed by atoms with Crippen LogP contribution in [0, 0.1) is 16.7 Å². The highest BCUT2D eigenvalue weighted by Crippen LogP contribution is 2.42. The number of carboxylic acids is 1. The van der Waals surface area contributed by atoms with Crippen LogP contribution in [0.25, 0.3) is 0 Å². The Hall–Kier alpha value is -3.60. The number of benzene rings is 2. The van der Waals surface area contributed by atoms with Crippen LogP contribution in [-0.2, 0) is 16.0 Å². The van der Waals surface area contributed by atoms with Crippen LogP contribution >= 0.6 is 23.2 Å². The molecule has 2 amide bonds. The van der Waals surface area contributed by atoms with Gasteiger partial charge in [0.15, 0.2) is 0 Å². The Balaban J connectivity index is 1.74. The van der Waals surface area contributed by atoms with E-state index in [9.17, 15) is 19.5 Å². The highest BCUT2D eigenvalue weighted by atomic mass is 35.5. The summed E-state index contributed by atoms with van der Waals surface area (Å²) >= 11 is 12.2. The molecule has 0 fully saturated rings. The van der Waals surface area contributed by atoms with E-state index in [4.69, 9.17) is 28.5 Å². The molecule has 7 nitrogen and oxygen atoms in total. The second kappa shape index (κ2) is 11.6. The van der Waals surface area contributed by atoms with Gasteiger partial charge in [0.05, 0.1) is 21.7 Å². The van der Waals surface area contributed by atoms with Gasteiger partial charge in [-0.3, -0.25) is 9.59 Å². The van der Waals surface area contributed by atoms with Gasteiger partial charge in [0, 0.05) is 23.8 Å². The molecular formula is C28H27Cl2N3O4. The third-order valence-corrected chi connectivity index (χ3v) is 7.09. The van der Waals surface area contributed by atoms with Crippen molar-refractivity contribution in [3.8, 4) is 6.07 Å². The van der Waals surface area contributed by atoms with Gasteiger partial charge in [0.25, 0.3) is 5.91 Å². The van der Waals surface area contributed by atoms with Crippen LogP contribution in [0.15, 0.2) is 65.3 Å². The Morgan fingerprint density at radius 3 is 2.30 bits per heavy atom. The molecule has 0 bridgehead atoms. The zero-order valence-corrected chi connectivity index (χ0v) is 22.2. The van der Waals surface area contributed by atoms with Gasteiger partial charge < -0.3 is 15.7 Å². The van der Waals surface area contributed by atoms with Crippen molar-refractivity contribution in [2.75, 3.05) is 5.32 Å². The average Bonchev–Trinajstić information content (AvgIpc) is 2.81. The lowest BCUT2D eigenvalue weighted by atomic mass is 9.70. The highest BCUT2D eigenvalue weighted by molar-refractivity contribution is 6.40. The van der Waals surface area contributed by atoms with E-state index in [0.717, 1.165) is 5.57 Å². The molecule has 0 saturated heterocycles. The first-order valence-corrected chi connectivity index (χ1v) is 12.4. The minimum Gasteiger partial charge on any atom is -0.480 e. The Morgan fingerprint density at radius 1 is 1.11 bits per heavy atom. The largest absolute Gasteiger partial charge is 0.480 e. The molecule has 37 heavy (non-hydrogen) atoms. The lowest BCUT2D eigenvalue weighted by Gasteiger charge is -2.35. The smallest absolute Gasteiger partial charge is 0.326 e. The lowest BCUT2D eigenvalue weighted by molar-refractivity contribution is -0.141. The van der Waals surface area contributed by atoms with Crippen LogP contribution < -0.4 is 10.6 Å². The maximum atomic E-state index is 13.2. The number of halogens is 2. The maximum Gasteiger partial charge on any atom is 0.326 e. The van der Waals surface area contributed by atoms with E-state index in [-0.39, 0.29) is 22.0 Å². The van der Waals surface area contributed by atoms with Gasteiger partial charge in [-0.25, -0.2) is 4.79 Å². The van der Waals surface area contributed by atoms with Crippen molar-refractivity contribution in [2.24, 2.45) is 5.41 Å². The van der Waals surface area contributed by atoms with E-state index in [1.54, 1.807) is 49.4 Å². The topological polar surface area (TPSA) is 119 Å². The number of allylic oxidation sites excluding steroid dienone is 3. The van der Waals surface area contributed by atoms with Crippen LogP contribution in [-0.4, -0.2) is 28.9 Å². The number of rotatable bonds is 7. The number of nitrogens with one attached hydrogen (secondary N) is 2. The summed E-state index contributed by atoms with van der Waals surface area (Å²) in [4.78, 5) is 37.8. The Bertz CT molecular complexity index is 1320. The van der Waals surface area contributed by atoms with Gasteiger partial charge in [-0.1, -0.05) is 55.2 Å². The molecule has 2 aromatic rings. The third kappa shape index (κ3) is 6.59. The second-order valence-corrected chi connectivity index (χ2v) is 10.3. The van der Waals surface area contributed by atoms with E-state index in [0.29, 0.717) is 35.2 Å². The van der Waals surface area contributed by atoms with Crippen molar-refractivity contribution in [3.05, 3.63) is 86.4 Å². The summed E-state index contributed by atoms with van der Waals surface area (Å²) in [5.74, 6) is -2.10. The maximum absolute atomic E-state index is 13.2. The zero-order chi connectivity index (χ0) is 27.3. The number of hydrogen-bond acceptors (Lipinski definition) is 4. The number of nitrogens with zero attached hydrogens (tertiary/aromatic N) is 1. The summed E-state index contributed by atoms with van der Waals surface area (Å²) < 4.78 is 0. The van der Waals surface area contributed by atoms with Gasteiger partial charge in [0.1, 0.15) is 6.04 Å². The fourth-order valence-electron chi connectivity index (χ4n) is 4.46. The molecule has 0 saturated carbocycles. The predicted octanol–water partition coefficient (Wildman–Crippen LogP) is 5.94. The number of carboxylic acid groups (broad SMARTS) is 1. The quantitative estimate of drug-likeness (QED) is 0.376. The SMILES string of the molecule is CC1=C(C(=O)N[C@@H](Cc2ccc(NC(=O)c3c(Cl)cccc3Cl)cc2)C(=O)O)C(C)(C)CC/C1=C\C#N. The van der Waals surface area contributed by atoms with Gasteiger partial charge in [-0.05, 0) is 66.2 Å². The molecule has 0 radical (unpaired) electrons. The molecule has 0 aromatic heterocycles. The molecule has 192 valence electrons. The van der Waals surface area contributed by atoms with Crippen LogP contribution in [0.4, 0.5) is 5.69 Å². The molecule has 9 heteroatoms. The molecule has 0 aliphatic heterocycles. The van der Waals surface area contributed by atoms with Crippen molar-refractivity contribution in [3.63, 3.8) is 0 Å². The van der Waals surface area contributed by atoms with Crippen LogP contribution in [0.5, 0.6) is 0 Å². The van der Waals surface area contributed by atoms with Gasteiger partial charge in [-0.15, -0.1) is 0 Å². The van der Waals surface area contributed by atoms with Gasteiger partial charge in [0.2, 0.25) is 5.91 Å². The molecule has 1 atom stereocenters. The highest BCUT2D eigenvalue weighted by Gasteiger charge is 2.36. The van der Waals surface area contributed by atoms with Gasteiger partial charge >= 0.3 is 5.97 Å². The van der Waals surface area contributed by atoms with E-state index in [1.165, 1.54) is 6.08 Å². The third-order valence-electron chi connectivity index (χ3n) is 6.46. The molecule has 3 rings (SSSR count). The predicted molar refractivity (Wildman–Crippen MR) is 144 cm³/mol. The molecule has 3 N–H and O–H groups in total. The van der Waals surface area contributed by atoms with Crippen LogP contribution in [0.2, 0.25) is 10.0 Å². The van der Waals surface area contributed by atoms with E-state index in [1.807, 2.05) is 19.9 Å². The van der Waals surface area contributed by atoms with Crippen molar-refractivity contribution < 1.29 is 19.5 Å². The standard InChI is InChI=1S/C28H27Cl2N3O4/c1-16-18(12-14-31)11-13-28(2,3)24(16)26(35)33-22(27(36)37)15-17-7-9-19(10-8-17)32-25(34)23-20(29)5-4-6-21(23)30/h4-10,12,22H,11,13,15H2,1-3H3,(H,32,34)(H,33,35)(H,36,37)/b18-12+/t22-/m0/s1. The van der Waals surface area contributed by atoms with E-state index in [2.05, 4.69) is 10.6 Å². The summed E-state index contributed by atoms with van der Waals surface area (Å²) in [7, 11) is 0.